The van der Waals surface area contributed by atoms with Gasteiger partial charge in [0.1, 0.15) is 0 Å². The minimum atomic E-state index is -0.478. The Morgan fingerprint density at radius 1 is 1.33 bits per heavy atom. The van der Waals surface area contributed by atoms with Crippen LogP contribution in [0.15, 0.2) is 24.3 Å². The first-order valence-corrected chi connectivity index (χ1v) is 9.57. The molecule has 2 heterocycles. The van der Waals surface area contributed by atoms with E-state index in [1.165, 1.54) is 4.80 Å². The Labute approximate surface area is 163 Å². The number of aromatic nitrogens is 4. The summed E-state index contributed by atoms with van der Waals surface area (Å²) in [6, 6.07) is 6.70. The first-order chi connectivity index (χ1) is 13.1. The van der Waals surface area contributed by atoms with Crippen LogP contribution in [0.4, 0.5) is 0 Å². The van der Waals surface area contributed by atoms with Gasteiger partial charge >= 0.3 is 0 Å². The van der Waals surface area contributed by atoms with Gasteiger partial charge < -0.3 is 14.7 Å². The molecule has 0 unspecified atom stereocenters. The molecule has 3 rings (SSSR count). The van der Waals surface area contributed by atoms with Gasteiger partial charge in [-0.1, -0.05) is 18.5 Å². The summed E-state index contributed by atoms with van der Waals surface area (Å²) < 4.78 is 5.56. The zero-order valence-electron chi connectivity index (χ0n) is 15.3. The van der Waals surface area contributed by atoms with E-state index in [9.17, 15) is 4.79 Å². The number of nitrogens with zero attached hydrogens (tertiary/aromatic N) is 5. The number of aliphatic hydroxyl groups excluding tert-OH is 1. The number of hydrogen-bond acceptors (Lipinski definition) is 6. The summed E-state index contributed by atoms with van der Waals surface area (Å²) >= 11 is 5.91. The van der Waals surface area contributed by atoms with Gasteiger partial charge in [-0.3, -0.25) is 4.79 Å². The highest BCUT2D eigenvalue weighted by atomic mass is 35.5. The number of likely N-dealkylation sites (tertiary alicyclic amines) is 1. The Balaban J connectivity index is 1.65. The number of benzene rings is 1. The van der Waals surface area contributed by atoms with E-state index in [1.54, 1.807) is 12.1 Å². The van der Waals surface area contributed by atoms with E-state index in [-0.39, 0.29) is 18.6 Å². The summed E-state index contributed by atoms with van der Waals surface area (Å²) in [4.78, 5) is 16.2. The molecule has 1 aromatic carbocycles. The molecule has 1 saturated heterocycles. The maximum absolute atomic E-state index is 12.9. The summed E-state index contributed by atoms with van der Waals surface area (Å²) in [6.07, 6.45) is 2.21. The highest BCUT2D eigenvalue weighted by Crippen LogP contribution is 2.21. The predicted octanol–water partition coefficient (Wildman–Crippen LogP) is 1.94. The van der Waals surface area contributed by atoms with Gasteiger partial charge in [0.2, 0.25) is 11.7 Å². The van der Waals surface area contributed by atoms with Gasteiger partial charge in [0, 0.05) is 23.7 Å². The third kappa shape index (κ3) is 4.82. The maximum Gasteiger partial charge on any atom is 0.249 e. The highest BCUT2D eigenvalue weighted by molar-refractivity contribution is 6.30. The number of piperidine rings is 1. The minimum Gasteiger partial charge on any atom is -0.394 e. The van der Waals surface area contributed by atoms with Crippen LogP contribution in [0.5, 0.6) is 0 Å². The topological polar surface area (TPSA) is 93.4 Å². The summed E-state index contributed by atoms with van der Waals surface area (Å²) in [5.74, 6) is 0.465. The van der Waals surface area contributed by atoms with E-state index >= 15 is 0 Å². The number of rotatable bonds is 7. The SMILES string of the molecule is CC[C@H](C(=O)N1CCC(OCCO)CC1)n1nnc(-c2ccc(Cl)cc2)n1. The molecule has 0 radical (unpaired) electrons. The van der Waals surface area contributed by atoms with E-state index in [1.807, 2.05) is 24.0 Å². The van der Waals surface area contributed by atoms with Gasteiger partial charge in [-0.2, -0.15) is 4.80 Å². The number of tetrazole rings is 1. The summed E-state index contributed by atoms with van der Waals surface area (Å²) in [5, 5.41) is 22.1. The van der Waals surface area contributed by atoms with Crippen LogP contribution < -0.4 is 0 Å². The Kier molecular flexibility index (Phi) is 6.76. The van der Waals surface area contributed by atoms with Crippen molar-refractivity contribution in [3.63, 3.8) is 0 Å². The number of aliphatic hydroxyl groups is 1. The van der Waals surface area contributed by atoms with Crippen molar-refractivity contribution in [1.29, 1.82) is 0 Å². The fourth-order valence-electron chi connectivity index (χ4n) is 3.18. The third-order valence-corrected chi connectivity index (χ3v) is 4.93. The predicted molar refractivity (Wildman–Crippen MR) is 100 cm³/mol. The molecule has 9 heteroatoms. The molecule has 0 bridgehead atoms. The van der Waals surface area contributed by atoms with Gasteiger partial charge in [-0.05, 0) is 48.7 Å². The Morgan fingerprint density at radius 3 is 2.67 bits per heavy atom. The van der Waals surface area contributed by atoms with Crippen molar-refractivity contribution < 1.29 is 14.6 Å². The fraction of sp³-hybridized carbons (Fsp3) is 0.556. The molecule has 1 atom stereocenters. The number of halogens is 1. The van der Waals surface area contributed by atoms with Crippen molar-refractivity contribution in [2.24, 2.45) is 0 Å². The van der Waals surface area contributed by atoms with Crippen LogP contribution in [0.3, 0.4) is 0 Å². The molecule has 1 fully saturated rings. The lowest BCUT2D eigenvalue weighted by atomic mass is 10.1. The lowest BCUT2D eigenvalue weighted by Gasteiger charge is -2.33. The van der Waals surface area contributed by atoms with Gasteiger partial charge in [-0.15, -0.1) is 10.2 Å². The molecule has 0 aliphatic carbocycles. The first-order valence-electron chi connectivity index (χ1n) is 9.19. The second-order valence-electron chi connectivity index (χ2n) is 6.48. The van der Waals surface area contributed by atoms with Gasteiger partial charge in [0.25, 0.3) is 0 Å². The summed E-state index contributed by atoms with van der Waals surface area (Å²) in [6.45, 7) is 3.55. The zero-order valence-corrected chi connectivity index (χ0v) is 16.0. The summed E-state index contributed by atoms with van der Waals surface area (Å²) in [7, 11) is 0. The van der Waals surface area contributed by atoms with Crippen molar-refractivity contribution in [1.82, 2.24) is 25.1 Å². The average Bonchev–Trinajstić information content (AvgIpc) is 3.17. The van der Waals surface area contributed by atoms with Crippen LogP contribution in [-0.4, -0.2) is 68.5 Å². The van der Waals surface area contributed by atoms with E-state index in [4.69, 9.17) is 21.4 Å². The molecular formula is C18H24ClN5O3. The number of carbonyl (C=O) groups excluding carboxylic acids is 1. The van der Waals surface area contributed by atoms with Crippen LogP contribution in [0.2, 0.25) is 5.02 Å². The lowest BCUT2D eigenvalue weighted by molar-refractivity contribution is -0.138. The molecule has 1 N–H and O–H groups in total. The second kappa shape index (κ2) is 9.25. The second-order valence-corrected chi connectivity index (χ2v) is 6.92. The minimum absolute atomic E-state index is 0.00170. The monoisotopic (exact) mass is 393 g/mol. The maximum atomic E-state index is 12.9. The van der Waals surface area contributed by atoms with Gasteiger partial charge in [0.15, 0.2) is 6.04 Å². The summed E-state index contributed by atoms with van der Waals surface area (Å²) in [5.41, 5.74) is 0.801. The zero-order chi connectivity index (χ0) is 19.2. The first kappa shape index (κ1) is 19.7. The largest absolute Gasteiger partial charge is 0.394 e. The molecule has 27 heavy (non-hydrogen) atoms. The highest BCUT2D eigenvalue weighted by Gasteiger charge is 2.30. The number of amides is 1. The van der Waals surface area contributed by atoms with Crippen LogP contribution >= 0.6 is 11.6 Å². The molecule has 146 valence electrons. The normalized spacial score (nSPS) is 16.5. The fourth-order valence-corrected chi connectivity index (χ4v) is 3.31. The van der Waals surface area contributed by atoms with Crippen LogP contribution in [-0.2, 0) is 9.53 Å². The lowest BCUT2D eigenvalue weighted by Crippen LogP contribution is -2.44. The Morgan fingerprint density at radius 2 is 2.04 bits per heavy atom. The van der Waals surface area contributed by atoms with Gasteiger partial charge in [0.05, 0.1) is 19.3 Å². The molecular weight excluding hydrogens is 370 g/mol. The Bertz CT molecular complexity index is 744. The molecule has 0 saturated carbocycles. The average molecular weight is 394 g/mol. The number of hydrogen-bond donors (Lipinski definition) is 1. The van der Waals surface area contributed by atoms with Crippen LogP contribution in [0, 0.1) is 0 Å². The number of ether oxygens (including phenoxy) is 1. The third-order valence-electron chi connectivity index (χ3n) is 4.68. The van der Waals surface area contributed by atoms with Crippen molar-refractivity contribution >= 4 is 17.5 Å². The van der Waals surface area contributed by atoms with Crippen molar-refractivity contribution in [2.75, 3.05) is 26.3 Å². The van der Waals surface area contributed by atoms with Crippen LogP contribution in [0.25, 0.3) is 11.4 Å². The molecule has 1 aliphatic rings. The van der Waals surface area contributed by atoms with Crippen molar-refractivity contribution in [3.8, 4) is 11.4 Å². The molecule has 2 aromatic rings. The van der Waals surface area contributed by atoms with E-state index in [0.29, 0.717) is 37.0 Å². The molecule has 8 nitrogen and oxygen atoms in total. The quantitative estimate of drug-likeness (QED) is 0.772. The smallest absolute Gasteiger partial charge is 0.249 e. The van der Waals surface area contributed by atoms with Gasteiger partial charge in [-0.25, -0.2) is 0 Å². The van der Waals surface area contributed by atoms with Crippen molar-refractivity contribution in [2.45, 2.75) is 38.3 Å². The van der Waals surface area contributed by atoms with Crippen molar-refractivity contribution in [3.05, 3.63) is 29.3 Å². The van der Waals surface area contributed by atoms with E-state index in [0.717, 1.165) is 18.4 Å². The van der Waals surface area contributed by atoms with E-state index < -0.39 is 6.04 Å². The molecule has 1 aliphatic heterocycles. The standard InChI is InChI=1S/C18H24ClN5O3/c1-2-16(18(26)23-9-7-15(8-10-23)27-12-11-25)24-21-17(20-22-24)13-3-5-14(19)6-4-13/h3-6,15-16,25H,2,7-12H2,1H3/t16-/m1/s1. The molecule has 1 aromatic heterocycles. The Hall–Kier alpha value is -2.03. The number of carbonyl (C=O) groups is 1. The van der Waals surface area contributed by atoms with E-state index in [2.05, 4.69) is 15.4 Å². The van der Waals surface area contributed by atoms with Crippen LogP contribution in [0.1, 0.15) is 32.2 Å². The molecule has 0 spiro atoms. The molecule has 1 amide bonds.